The Balaban J connectivity index is 1.57. The Hall–Kier alpha value is -2.74. The third-order valence-corrected chi connectivity index (χ3v) is 6.23. The maximum atomic E-state index is 12.5. The summed E-state index contributed by atoms with van der Waals surface area (Å²) in [6.45, 7) is 2.40. The molecule has 9 heteroatoms. The number of amides is 1. The molecule has 0 unspecified atom stereocenters. The molecule has 31 heavy (non-hydrogen) atoms. The lowest BCUT2D eigenvalue weighted by atomic mass is 10.2. The van der Waals surface area contributed by atoms with Gasteiger partial charge in [0.05, 0.1) is 27.7 Å². The second-order valence-corrected chi connectivity index (χ2v) is 9.20. The summed E-state index contributed by atoms with van der Waals surface area (Å²) in [5.41, 5.74) is 1.44. The Labute approximate surface area is 191 Å². The summed E-state index contributed by atoms with van der Waals surface area (Å²) >= 11 is 12.0. The number of hydrogen-bond donors (Lipinski definition) is 2. The van der Waals surface area contributed by atoms with E-state index in [4.69, 9.17) is 27.9 Å². The van der Waals surface area contributed by atoms with Crippen LogP contribution in [-0.4, -0.2) is 27.5 Å². The maximum Gasteiger partial charge on any atom is 0.261 e. The van der Waals surface area contributed by atoms with Crippen LogP contribution in [0.5, 0.6) is 5.75 Å². The number of carbonyl (C=O) groups excluding carboxylic acids is 1. The highest BCUT2D eigenvalue weighted by Crippen LogP contribution is 2.23. The minimum atomic E-state index is -3.76. The molecule has 3 aromatic carbocycles. The van der Waals surface area contributed by atoms with Crippen LogP contribution >= 0.6 is 23.2 Å². The highest BCUT2D eigenvalue weighted by molar-refractivity contribution is 7.92. The number of ether oxygens (including phenoxy) is 1. The number of hydrogen-bond acceptors (Lipinski definition) is 4. The monoisotopic (exact) mass is 478 g/mol. The van der Waals surface area contributed by atoms with Crippen molar-refractivity contribution in [2.45, 2.75) is 11.8 Å². The SMILES string of the molecule is Cc1ccc(S(=O)(=O)Nc2ccc(C(=O)NCCOc3ccc(Cl)cc3)c(Cl)c2)cc1. The molecule has 0 fully saturated rings. The molecule has 0 aliphatic carbocycles. The molecular formula is C22H20Cl2N2O4S. The zero-order valence-electron chi connectivity index (χ0n) is 16.6. The summed E-state index contributed by atoms with van der Waals surface area (Å²) in [5.74, 6) is 0.250. The van der Waals surface area contributed by atoms with Gasteiger partial charge < -0.3 is 10.1 Å². The average Bonchev–Trinajstić information content (AvgIpc) is 2.72. The van der Waals surface area contributed by atoms with E-state index in [1.54, 1.807) is 36.4 Å². The van der Waals surface area contributed by atoms with E-state index < -0.39 is 15.9 Å². The number of nitrogens with one attached hydrogen (secondary N) is 2. The van der Waals surface area contributed by atoms with Crippen LogP contribution in [0, 0.1) is 6.92 Å². The number of rotatable bonds is 8. The highest BCUT2D eigenvalue weighted by Gasteiger charge is 2.16. The lowest BCUT2D eigenvalue weighted by Gasteiger charge is -2.11. The molecule has 6 nitrogen and oxygen atoms in total. The molecule has 0 aliphatic heterocycles. The predicted molar refractivity (Wildman–Crippen MR) is 123 cm³/mol. The molecular weight excluding hydrogens is 459 g/mol. The second kappa shape index (κ2) is 10.0. The Morgan fingerprint density at radius 1 is 0.968 bits per heavy atom. The zero-order chi connectivity index (χ0) is 22.4. The van der Waals surface area contributed by atoms with E-state index in [-0.39, 0.29) is 34.3 Å². The normalized spacial score (nSPS) is 11.1. The van der Waals surface area contributed by atoms with Crippen molar-refractivity contribution in [2.24, 2.45) is 0 Å². The quantitative estimate of drug-likeness (QED) is 0.450. The van der Waals surface area contributed by atoms with E-state index >= 15 is 0 Å². The number of anilines is 1. The largest absolute Gasteiger partial charge is 0.492 e. The van der Waals surface area contributed by atoms with E-state index in [2.05, 4.69) is 10.0 Å². The maximum absolute atomic E-state index is 12.5. The van der Waals surface area contributed by atoms with E-state index in [0.717, 1.165) is 5.56 Å². The first-order valence-corrected chi connectivity index (χ1v) is 11.5. The number of halogens is 2. The van der Waals surface area contributed by atoms with E-state index in [9.17, 15) is 13.2 Å². The van der Waals surface area contributed by atoms with Crippen LogP contribution in [0.25, 0.3) is 0 Å². The van der Waals surface area contributed by atoms with Crippen LogP contribution in [0.3, 0.4) is 0 Å². The highest BCUT2D eigenvalue weighted by atomic mass is 35.5. The fourth-order valence-corrected chi connectivity index (χ4v) is 4.10. The molecule has 0 atom stereocenters. The molecule has 3 rings (SSSR count). The Morgan fingerprint density at radius 3 is 2.29 bits per heavy atom. The molecule has 0 spiro atoms. The van der Waals surface area contributed by atoms with Crippen molar-refractivity contribution in [1.82, 2.24) is 5.32 Å². The van der Waals surface area contributed by atoms with E-state index in [1.807, 2.05) is 6.92 Å². The Morgan fingerprint density at radius 2 is 1.65 bits per heavy atom. The molecule has 0 saturated carbocycles. The summed E-state index contributed by atoms with van der Waals surface area (Å²) in [6, 6.07) is 17.7. The Kier molecular flexibility index (Phi) is 7.43. The van der Waals surface area contributed by atoms with Crippen molar-refractivity contribution >= 4 is 44.8 Å². The molecule has 0 saturated heterocycles. The second-order valence-electron chi connectivity index (χ2n) is 6.67. The summed E-state index contributed by atoms with van der Waals surface area (Å²) in [7, 11) is -3.76. The van der Waals surface area contributed by atoms with Crippen LogP contribution in [0.4, 0.5) is 5.69 Å². The van der Waals surface area contributed by atoms with Crippen molar-refractivity contribution in [3.8, 4) is 5.75 Å². The standard InChI is InChI=1S/C22H20Cl2N2O4S/c1-15-2-9-19(10-3-15)31(28,29)26-17-6-11-20(21(24)14-17)22(27)25-12-13-30-18-7-4-16(23)5-8-18/h2-11,14,26H,12-13H2,1H3,(H,25,27). The molecule has 0 aliphatic rings. The first kappa shape index (κ1) is 22.9. The molecule has 0 aromatic heterocycles. The lowest BCUT2D eigenvalue weighted by molar-refractivity contribution is 0.0947. The van der Waals surface area contributed by atoms with Gasteiger partial charge >= 0.3 is 0 Å². The van der Waals surface area contributed by atoms with Gasteiger partial charge in [-0.3, -0.25) is 9.52 Å². The third-order valence-electron chi connectivity index (χ3n) is 4.27. The smallest absolute Gasteiger partial charge is 0.261 e. The van der Waals surface area contributed by atoms with Gasteiger partial charge in [0.15, 0.2) is 0 Å². The first-order valence-electron chi connectivity index (χ1n) is 9.30. The number of aryl methyl sites for hydroxylation is 1. The summed E-state index contributed by atoms with van der Waals surface area (Å²) in [4.78, 5) is 12.5. The molecule has 3 aromatic rings. The molecule has 0 heterocycles. The van der Waals surface area contributed by atoms with E-state index in [1.165, 1.54) is 30.3 Å². The van der Waals surface area contributed by atoms with Gasteiger partial charge in [0.1, 0.15) is 12.4 Å². The van der Waals surface area contributed by atoms with Gasteiger partial charge in [-0.1, -0.05) is 40.9 Å². The summed E-state index contributed by atoms with van der Waals surface area (Å²) in [6.07, 6.45) is 0. The van der Waals surface area contributed by atoms with Gasteiger partial charge in [-0.25, -0.2) is 8.42 Å². The van der Waals surface area contributed by atoms with Gasteiger partial charge in [0.2, 0.25) is 0 Å². The van der Waals surface area contributed by atoms with Crippen LogP contribution in [0.15, 0.2) is 71.6 Å². The third kappa shape index (κ3) is 6.37. The van der Waals surface area contributed by atoms with Gasteiger partial charge in [-0.05, 0) is 61.5 Å². The van der Waals surface area contributed by atoms with Crippen molar-refractivity contribution in [3.05, 3.63) is 87.9 Å². The van der Waals surface area contributed by atoms with Crippen molar-refractivity contribution < 1.29 is 17.9 Å². The van der Waals surface area contributed by atoms with Gasteiger partial charge in [-0.15, -0.1) is 0 Å². The first-order chi connectivity index (χ1) is 14.7. The van der Waals surface area contributed by atoms with Crippen molar-refractivity contribution in [3.63, 3.8) is 0 Å². The molecule has 162 valence electrons. The summed E-state index contributed by atoms with van der Waals surface area (Å²) in [5, 5.41) is 3.44. The van der Waals surface area contributed by atoms with Crippen molar-refractivity contribution in [2.75, 3.05) is 17.9 Å². The molecule has 0 radical (unpaired) electrons. The lowest BCUT2D eigenvalue weighted by Crippen LogP contribution is -2.28. The molecule has 1 amide bonds. The fourth-order valence-electron chi connectivity index (χ4n) is 2.65. The topological polar surface area (TPSA) is 84.5 Å². The summed E-state index contributed by atoms with van der Waals surface area (Å²) < 4.78 is 33.0. The molecule has 2 N–H and O–H groups in total. The van der Waals surface area contributed by atoms with Crippen LogP contribution < -0.4 is 14.8 Å². The van der Waals surface area contributed by atoms with Crippen molar-refractivity contribution in [1.29, 1.82) is 0 Å². The van der Waals surface area contributed by atoms with Crippen LogP contribution in [0.2, 0.25) is 10.0 Å². The van der Waals surface area contributed by atoms with Gasteiger partial charge in [-0.2, -0.15) is 0 Å². The Bertz CT molecular complexity index is 1170. The predicted octanol–water partition coefficient (Wildman–Crippen LogP) is 4.91. The fraction of sp³-hybridized carbons (Fsp3) is 0.136. The minimum Gasteiger partial charge on any atom is -0.492 e. The van der Waals surface area contributed by atoms with E-state index in [0.29, 0.717) is 10.8 Å². The van der Waals surface area contributed by atoms with Crippen LogP contribution in [-0.2, 0) is 10.0 Å². The minimum absolute atomic E-state index is 0.125. The zero-order valence-corrected chi connectivity index (χ0v) is 18.9. The van der Waals surface area contributed by atoms with Crippen LogP contribution in [0.1, 0.15) is 15.9 Å². The number of sulfonamides is 1. The average molecular weight is 479 g/mol. The molecule has 0 bridgehead atoms. The number of benzene rings is 3. The van der Waals surface area contributed by atoms with Gasteiger partial charge in [0, 0.05) is 5.02 Å². The number of carbonyl (C=O) groups is 1. The van der Waals surface area contributed by atoms with Gasteiger partial charge in [0.25, 0.3) is 15.9 Å².